The Morgan fingerprint density at radius 1 is 1.42 bits per heavy atom. The number of benzene rings is 1. The number of hydrogen-bond acceptors (Lipinski definition) is 3. The van der Waals surface area contributed by atoms with Crippen LogP contribution in [0.3, 0.4) is 0 Å². The van der Waals surface area contributed by atoms with Crippen molar-refractivity contribution in [3.63, 3.8) is 0 Å². The van der Waals surface area contributed by atoms with Crippen molar-refractivity contribution < 1.29 is 23.2 Å². The lowest BCUT2D eigenvalue weighted by Gasteiger charge is -2.16. The molecule has 0 saturated heterocycles. The molecule has 2 aromatic rings. The van der Waals surface area contributed by atoms with Crippen LogP contribution in [0.5, 0.6) is 0 Å². The third kappa shape index (κ3) is 2.61. The summed E-state index contributed by atoms with van der Waals surface area (Å²) < 4.78 is 40.6. The summed E-state index contributed by atoms with van der Waals surface area (Å²) >= 11 is 2.04. The van der Waals surface area contributed by atoms with Gasteiger partial charge in [0.25, 0.3) is 0 Å². The molecule has 0 aliphatic heterocycles. The lowest BCUT2D eigenvalue weighted by Crippen LogP contribution is -2.37. The summed E-state index contributed by atoms with van der Waals surface area (Å²) in [4.78, 5) is 0. The van der Waals surface area contributed by atoms with Crippen LogP contribution < -0.4 is 5.46 Å². The van der Waals surface area contributed by atoms with Crippen LogP contribution in [0.1, 0.15) is 11.1 Å². The van der Waals surface area contributed by atoms with Crippen LogP contribution in [0.2, 0.25) is 0 Å². The summed E-state index contributed by atoms with van der Waals surface area (Å²) in [6, 6.07) is 1.36. The summed E-state index contributed by atoms with van der Waals surface area (Å²) in [6.45, 7) is 1.29. The van der Waals surface area contributed by atoms with Gasteiger partial charge < -0.3 is 10.0 Å². The summed E-state index contributed by atoms with van der Waals surface area (Å²) in [5.74, 6) is 0. The van der Waals surface area contributed by atoms with Gasteiger partial charge in [0, 0.05) is 10.8 Å². The third-order valence-electron chi connectivity index (χ3n) is 2.74. The van der Waals surface area contributed by atoms with E-state index in [1.807, 2.05) is 22.0 Å². The smallest absolute Gasteiger partial charge is 0.423 e. The van der Waals surface area contributed by atoms with Crippen LogP contribution in [-0.4, -0.2) is 26.7 Å². The molecule has 2 rings (SSSR count). The topological polar surface area (TPSA) is 58.3 Å². The van der Waals surface area contributed by atoms with E-state index in [1.165, 1.54) is 23.6 Å². The van der Waals surface area contributed by atoms with Crippen molar-refractivity contribution in [3.05, 3.63) is 23.4 Å². The van der Waals surface area contributed by atoms with E-state index in [1.54, 1.807) is 0 Å². The Balaban J connectivity index is 2.90. The lowest BCUT2D eigenvalue weighted by atomic mass is 9.73. The second kappa shape index (κ2) is 5.19. The van der Waals surface area contributed by atoms with Crippen molar-refractivity contribution in [1.82, 2.24) is 9.55 Å². The molecule has 0 aliphatic rings. The van der Waals surface area contributed by atoms with Gasteiger partial charge in [-0.3, -0.25) is 0 Å². The first-order valence-electron chi connectivity index (χ1n) is 5.08. The maximum atomic E-state index is 13.0. The number of halogens is 4. The molecule has 1 aromatic carbocycles. The van der Waals surface area contributed by atoms with Crippen LogP contribution in [-0.2, 0) is 6.18 Å². The molecule has 19 heavy (non-hydrogen) atoms. The number of rotatable bonds is 2. The highest BCUT2D eigenvalue weighted by molar-refractivity contribution is 14.2. The molecule has 0 radical (unpaired) electrons. The first-order valence-corrected chi connectivity index (χ1v) is 9.14. The Morgan fingerprint density at radius 3 is 2.53 bits per heavy atom. The van der Waals surface area contributed by atoms with Gasteiger partial charge in [-0.25, -0.2) is 4.45 Å². The molecule has 10 heteroatoms. The largest absolute Gasteiger partial charge is 0.489 e. The van der Waals surface area contributed by atoms with Crippen molar-refractivity contribution in [3.8, 4) is 0 Å². The van der Waals surface area contributed by atoms with Crippen molar-refractivity contribution in [1.29, 1.82) is 0 Å². The molecule has 2 N–H and O–H groups in total. The minimum absolute atomic E-state index is 0.0560. The first kappa shape index (κ1) is 15.0. The lowest BCUT2D eigenvalue weighted by molar-refractivity contribution is -0.137. The molecule has 1 heterocycles. The molecule has 4 nitrogen and oxygen atoms in total. The predicted molar refractivity (Wildman–Crippen MR) is 77.0 cm³/mol. The molecule has 0 saturated carbocycles. The van der Waals surface area contributed by atoms with E-state index in [2.05, 4.69) is 5.10 Å². The second-order valence-electron chi connectivity index (χ2n) is 3.93. The number of fused-ring (bicyclic) bond motifs is 1. The minimum Gasteiger partial charge on any atom is -0.423 e. The average molecular weight is 402 g/mol. The van der Waals surface area contributed by atoms with Crippen LogP contribution in [0.15, 0.2) is 12.3 Å². The summed E-state index contributed by atoms with van der Waals surface area (Å²) in [5.41, 5.74) is -1.14. The van der Waals surface area contributed by atoms with E-state index in [9.17, 15) is 23.2 Å². The monoisotopic (exact) mass is 402 g/mol. The van der Waals surface area contributed by atoms with Gasteiger partial charge in [0.2, 0.25) is 0 Å². The second-order valence-corrected chi connectivity index (χ2v) is 5.97. The quantitative estimate of drug-likeness (QED) is 0.458. The van der Waals surface area contributed by atoms with Gasteiger partial charge in [0.15, 0.2) is 0 Å². The van der Waals surface area contributed by atoms with Gasteiger partial charge in [-0.15, -0.1) is 0 Å². The zero-order chi connectivity index (χ0) is 14.4. The Hall–Kier alpha value is -0.375. The van der Waals surface area contributed by atoms with Gasteiger partial charge in [-0.05, 0) is 40.6 Å². The normalized spacial score (nSPS) is 12.8. The number of nitrogens with zero attached hydrogens (tertiary/aromatic N) is 2. The van der Waals surface area contributed by atoms with Gasteiger partial charge in [0.05, 0.1) is 23.7 Å². The van der Waals surface area contributed by atoms with Crippen LogP contribution in [0.25, 0.3) is 10.9 Å². The van der Waals surface area contributed by atoms with Crippen molar-refractivity contribution in [2.75, 3.05) is 0 Å². The molecule has 1 unspecified atom stereocenters. The summed E-state index contributed by atoms with van der Waals surface area (Å²) in [5, 5.41) is 22.6. The van der Waals surface area contributed by atoms with Crippen LogP contribution in [0, 0.1) is 6.92 Å². The van der Waals surface area contributed by atoms with E-state index in [0.717, 1.165) is 0 Å². The highest BCUT2D eigenvalue weighted by Crippen LogP contribution is 2.35. The molecule has 1 atom stereocenters. The highest BCUT2D eigenvalue weighted by Gasteiger charge is 2.39. The van der Waals surface area contributed by atoms with Gasteiger partial charge in [0.1, 0.15) is 0 Å². The molecular formula is C9H8BF3IN2O2P. The Morgan fingerprint density at radius 2 is 2.05 bits per heavy atom. The minimum atomic E-state index is -4.65. The number of hydrogen-bond donors (Lipinski definition) is 2. The zero-order valence-electron chi connectivity index (χ0n) is 9.53. The maximum Gasteiger partial charge on any atom is 0.489 e. The zero-order valence-corrected chi connectivity index (χ0v) is 12.7. The average Bonchev–Trinajstić information content (AvgIpc) is 2.67. The number of aromatic nitrogens is 2. The fourth-order valence-corrected chi connectivity index (χ4v) is 3.57. The van der Waals surface area contributed by atoms with Gasteiger partial charge in [-0.2, -0.15) is 18.3 Å². The fraction of sp³-hybridized carbons (Fsp3) is 0.222. The Kier molecular flexibility index (Phi) is 4.11. The fourth-order valence-electron chi connectivity index (χ4n) is 2.04. The van der Waals surface area contributed by atoms with Crippen LogP contribution in [0.4, 0.5) is 13.2 Å². The molecule has 0 spiro atoms. The third-order valence-corrected chi connectivity index (χ3v) is 4.62. The van der Waals surface area contributed by atoms with Gasteiger partial charge >= 0.3 is 13.3 Å². The Labute approximate surface area is 121 Å². The highest BCUT2D eigenvalue weighted by atomic mass is 127. The molecule has 0 aliphatic carbocycles. The molecule has 102 valence electrons. The SMILES string of the molecule is Cc1cc2c(cnn2PI)c(B(O)O)c1C(F)(F)F. The van der Waals surface area contributed by atoms with E-state index < -0.39 is 24.3 Å². The molecule has 0 fully saturated rings. The van der Waals surface area contributed by atoms with Crippen molar-refractivity contribution >= 4 is 51.9 Å². The molecule has 0 amide bonds. The van der Waals surface area contributed by atoms with E-state index >= 15 is 0 Å². The number of aryl methyl sites for hydroxylation is 1. The predicted octanol–water partition coefficient (Wildman–Crippen LogP) is 1.83. The van der Waals surface area contributed by atoms with Crippen LogP contribution >= 0.6 is 28.4 Å². The molecular weight excluding hydrogens is 394 g/mol. The van der Waals surface area contributed by atoms with E-state index in [-0.39, 0.29) is 17.3 Å². The van der Waals surface area contributed by atoms with Gasteiger partial charge in [-0.1, -0.05) is 0 Å². The number of alkyl halides is 3. The Bertz CT molecular complexity index is 632. The molecule has 1 aromatic heterocycles. The van der Waals surface area contributed by atoms with Crippen molar-refractivity contribution in [2.45, 2.75) is 13.1 Å². The van der Waals surface area contributed by atoms with E-state index in [0.29, 0.717) is 5.52 Å². The summed E-state index contributed by atoms with van der Waals surface area (Å²) in [7, 11) is -2.20. The maximum absolute atomic E-state index is 13.0. The van der Waals surface area contributed by atoms with E-state index in [4.69, 9.17) is 0 Å². The summed E-state index contributed by atoms with van der Waals surface area (Å²) in [6.07, 6.45) is -3.21. The standard InChI is InChI=1S/C9H8BF3IN2O2P/c1-4-2-6-5(3-15-16(6)19-14)8(10(17)18)7(4)9(11,12)13/h2-3,17-19H,1H3. The van der Waals surface area contributed by atoms with Crippen molar-refractivity contribution in [2.24, 2.45) is 0 Å². The molecule has 0 bridgehead atoms. The first-order chi connectivity index (χ1) is 8.77.